The Morgan fingerprint density at radius 2 is 2.17 bits per heavy atom. The van der Waals surface area contributed by atoms with E-state index in [2.05, 4.69) is 5.38 Å². The van der Waals surface area contributed by atoms with Gasteiger partial charge in [0.25, 0.3) is 0 Å². The smallest absolute Gasteiger partial charge is 0.133 e. The number of aryl methyl sites for hydroxylation is 1. The number of amidine groups is 1. The zero-order chi connectivity index (χ0) is 8.55. The summed E-state index contributed by atoms with van der Waals surface area (Å²) < 4.78 is 0. The van der Waals surface area contributed by atoms with Crippen molar-refractivity contribution in [3.05, 3.63) is 21.4 Å². The molecule has 0 saturated carbocycles. The lowest BCUT2D eigenvalue weighted by Gasteiger charge is -2.11. The van der Waals surface area contributed by atoms with Crippen LogP contribution in [0.4, 0.5) is 0 Å². The SMILES string of the molecule is N=C(N)c1scc2c1CCCC2. The van der Waals surface area contributed by atoms with E-state index < -0.39 is 0 Å². The van der Waals surface area contributed by atoms with Crippen LogP contribution in [0.3, 0.4) is 0 Å². The zero-order valence-corrected chi connectivity index (χ0v) is 7.71. The maximum atomic E-state index is 7.38. The average Bonchev–Trinajstić information content (AvgIpc) is 2.47. The summed E-state index contributed by atoms with van der Waals surface area (Å²) in [5.41, 5.74) is 8.25. The third kappa shape index (κ3) is 1.14. The van der Waals surface area contributed by atoms with Gasteiger partial charge in [0.2, 0.25) is 0 Å². The van der Waals surface area contributed by atoms with Crippen molar-refractivity contribution in [2.24, 2.45) is 5.73 Å². The van der Waals surface area contributed by atoms with Crippen LogP contribution in [0.2, 0.25) is 0 Å². The van der Waals surface area contributed by atoms with Gasteiger partial charge in [0.05, 0.1) is 4.88 Å². The fourth-order valence-electron chi connectivity index (χ4n) is 1.75. The predicted octanol–water partition coefficient (Wildman–Crippen LogP) is 1.91. The second-order valence-corrected chi connectivity index (χ2v) is 4.07. The van der Waals surface area contributed by atoms with Gasteiger partial charge in [-0.05, 0) is 42.2 Å². The van der Waals surface area contributed by atoms with Gasteiger partial charge in [0.15, 0.2) is 0 Å². The summed E-state index contributed by atoms with van der Waals surface area (Å²) in [5.74, 6) is 0.239. The number of rotatable bonds is 1. The molecule has 2 nitrogen and oxygen atoms in total. The molecule has 3 heteroatoms. The van der Waals surface area contributed by atoms with Gasteiger partial charge in [-0.1, -0.05) is 0 Å². The molecule has 12 heavy (non-hydrogen) atoms. The maximum Gasteiger partial charge on any atom is 0.133 e. The van der Waals surface area contributed by atoms with E-state index in [0.717, 1.165) is 11.3 Å². The molecule has 0 bridgehead atoms. The van der Waals surface area contributed by atoms with Gasteiger partial charge in [-0.25, -0.2) is 0 Å². The highest BCUT2D eigenvalue weighted by atomic mass is 32.1. The minimum absolute atomic E-state index is 0.239. The Hall–Kier alpha value is -0.830. The van der Waals surface area contributed by atoms with Crippen molar-refractivity contribution >= 4 is 17.2 Å². The van der Waals surface area contributed by atoms with Crippen LogP contribution in [0, 0.1) is 5.41 Å². The molecule has 0 atom stereocenters. The second kappa shape index (κ2) is 2.90. The van der Waals surface area contributed by atoms with Gasteiger partial charge in [-0.3, -0.25) is 5.41 Å². The first-order valence-electron chi connectivity index (χ1n) is 4.22. The van der Waals surface area contributed by atoms with E-state index in [0.29, 0.717) is 0 Å². The summed E-state index contributed by atoms with van der Waals surface area (Å²) in [7, 11) is 0. The summed E-state index contributed by atoms with van der Waals surface area (Å²) >= 11 is 1.62. The van der Waals surface area contributed by atoms with Gasteiger partial charge < -0.3 is 5.73 Å². The predicted molar refractivity (Wildman–Crippen MR) is 52.0 cm³/mol. The molecule has 0 aliphatic heterocycles. The highest BCUT2D eigenvalue weighted by Gasteiger charge is 2.16. The molecule has 0 fully saturated rings. The van der Waals surface area contributed by atoms with Crippen molar-refractivity contribution in [1.82, 2.24) is 0 Å². The molecule has 0 amide bonds. The van der Waals surface area contributed by atoms with Gasteiger partial charge in [0.1, 0.15) is 5.84 Å². The van der Waals surface area contributed by atoms with E-state index in [1.807, 2.05) is 0 Å². The minimum Gasteiger partial charge on any atom is -0.383 e. The van der Waals surface area contributed by atoms with Gasteiger partial charge in [-0.15, -0.1) is 11.3 Å². The number of thiophene rings is 1. The van der Waals surface area contributed by atoms with Gasteiger partial charge in [0, 0.05) is 0 Å². The largest absolute Gasteiger partial charge is 0.383 e. The molecule has 0 unspecified atom stereocenters. The molecule has 0 aromatic carbocycles. The number of hydrogen-bond acceptors (Lipinski definition) is 2. The number of nitrogens with one attached hydrogen (secondary N) is 1. The van der Waals surface area contributed by atoms with Crippen LogP contribution in [0.1, 0.15) is 28.8 Å². The lowest BCUT2D eigenvalue weighted by Crippen LogP contribution is -2.13. The number of nitrogens with two attached hydrogens (primary N) is 1. The molecule has 0 radical (unpaired) electrons. The molecular weight excluding hydrogens is 168 g/mol. The topological polar surface area (TPSA) is 49.9 Å². The molecule has 0 saturated heterocycles. The van der Waals surface area contributed by atoms with Crippen molar-refractivity contribution in [3.63, 3.8) is 0 Å². The molecule has 1 aromatic rings. The minimum atomic E-state index is 0.239. The highest BCUT2D eigenvalue weighted by Crippen LogP contribution is 2.29. The van der Waals surface area contributed by atoms with Gasteiger partial charge >= 0.3 is 0 Å². The van der Waals surface area contributed by atoms with Crippen LogP contribution in [-0.4, -0.2) is 5.84 Å². The fourth-order valence-corrected chi connectivity index (χ4v) is 2.77. The first kappa shape index (κ1) is 7.80. The van der Waals surface area contributed by atoms with E-state index in [4.69, 9.17) is 11.1 Å². The Labute approximate surface area is 75.9 Å². The molecule has 0 spiro atoms. The second-order valence-electron chi connectivity index (χ2n) is 3.19. The molecule has 1 aliphatic rings. The first-order chi connectivity index (χ1) is 5.79. The number of nitrogen functional groups attached to an aromatic ring is 1. The summed E-state index contributed by atoms with van der Waals surface area (Å²) in [4.78, 5) is 1.00. The highest BCUT2D eigenvalue weighted by molar-refractivity contribution is 7.12. The van der Waals surface area contributed by atoms with Crippen LogP contribution >= 0.6 is 11.3 Å². The van der Waals surface area contributed by atoms with E-state index in [1.165, 1.54) is 30.4 Å². The summed E-state index contributed by atoms with van der Waals surface area (Å²) in [5, 5.41) is 9.54. The molecule has 64 valence electrons. The van der Waals surface area contributed by atoms with Crippen molar-refractivity contribution in [2.45, 2.75) is 25.7 Å². The van der Waals surface area contributed by atoms with Crippen LogP contribution < -0.4 is 5.73 Å². The summed E-state index contributed by atoms with van der Waals surface area (Å²) in [6, 6.07) is 0. The Balaban J connectivity index is 2.44. The molecular formula is C9H12N2S. The molecule has 2 rings (SSSR count). The quantitative estimate of drug-likeness (QED) is 0.503. The maximum absolute atomic E-state index is 7.38. The van der Waals surface area contributed by atoms with Crippen LogP contribution in [0.25, 0.3) is 0 Å². The van der Waals surface area contributed by atoms with Crippen molar-refractivity contribution in [1.29, 1.82) is 5.41 Å². The van der Waals surface area contributed by atoms with E-state index in [1.54, 1.807) is 11.3 Å². The van der Waals surface area contributed by atoms with Crippen molar-refractivity contribution < 1.29 is 0 Å². The Bertz CT molecular complexity index is 314. The fraction of sp³-hybridized carbons (Fsp3) is 0.444. The van der Waals surface area contributed by atoms with Gasteiger partial charge in [-0.2, -0.15) is 0 Å². The first-order valence-corrected chi connectivity index (χ1v) is 5.10. The number of hydrogen-bond donors (Lipinski definition) is 2. The Kier molecular flexibility index (Phi) is 1.89. The molecule has 3 N–H and O–H groups in total. The van der Waals surface area contributed by atoms with Crippen LogP contribution in [0.5, 0.6) is 0 Å². The van der Waals surface area contributed by atoms with Crippen molar-refractivity contribution in [3.8, 4) is 0 Å². The zero-order valence-electron chi connectivity index (χ0n) is 6.89. The van der Waals surface area contributed by atoms with E-state index in [9.17, 15) is 0 Å². The normalized spacial score (nSPS) is 15.7. The molecule has 1 aliphatic carbocycles. The third-order valence-corrected chi connectivity index (χ3v) is 3.45. The average molecular weight is 180 g/mol. The van der Waals surface area contributed by atoms with Crippen LogP contribution in [0.15, 0.2) is 5.38 Å². The lowest BCUT2D eigenvalue weighted by molar-refractivity contribution is 0.689. The summed E-state index contributed by atoms with van der Waals surface area (Å²) in [6.07, 6.45) is 4.85. The Morgan fingerprint density at radius 3 is 2.92 bits per heavy atom. The van der Waals surface area contributed by atoms with Crippen molar-refractivity contribution in [2.75, 3.05) is 0 Å². The monoisotopic (exact) mass is 180 g/mol. The Morgan fingerprint density at radius 1 is 1.42 bits per heavy atom. The molecule has 1 heterocycles. The van der Waals surface area contributed by atoms with E-state index >= 15 is 0 Å². The van der Waals surface area contributed by atoms with E-state index in [-0.39, 0.29) is 5.84 Å². The van der Waals surface area contributed by atoms with Crippen LogP contribution in [-0.2, 0) is 12.8 Å². The standard InChI is InChI=1S/C9H12N2S/c10-9(11)8-7-4-2-1-3-6(7)5-12-8/h5H,1-4H2,(H3,10,11). The number of fused-ring (bicyclic) bond motifs is 1. The third-order valence-electron chi connectivity index (χ3n) is 2.35. The molecule has 1 aromatic heterocycles. The lowest BCUT2D eigenvalue weighted by atomic mass is 9.94. The summed E-state index contributed by atoms with van der Waals surface area (Å²) in [6.45, 7) is 0.